The molecule has 1 fully saturated rings. The molecular formula is C19H28N2O3. The Kier molecular flexibility index (Phi) is 6.79. The van der Waals surface area contributed by atoms with Gasteiger partial charge in [0.2, 0.25) is 11.8 Å². The van der Waals surface area contributed by atoms with Gasteiger partial charge in [0.1, 0.15) is 6.61 Å². The van der Waals surface area contributed by atoms with E-state index in [1.165, 1.54) is 18.2 Å². The van der Waals surface area contributed by atoms with Crippen molar-refractivity contribution in [2.45, 2.75) is 45.1 Å². The molecule has 0 radical (unpaired) electrons. The molecule has 0 aromatic heterocycles. The van der Waals surface area contributed by atoms with Crippen molar-refractivity contribution in [3.8, 4) is 0 Å². The SMILES string of the molecule is COCC(=O)N1CCC(NC(=O)C[C@@H](C)c2ccccc2C)CC1. The zero-order valence-corrected chi connectivity index (χ0v) is 14.9. The van der Waals surface area contributed by atoms with E-state index in [2.05, 4.69) is 31.3 Å². The summed E-state index contributed by atoms with van der Waals surface area (Å²) < 4.78 is 4.88. The van der Waals surface area contributed by atoms with Crippen molar-refractivity contribution >= 4 is 11.8 Å². The van der Waals surface area contributed by atoms with Crippen LogP contribution in [-0.4, -0.2) is 49.6 Å². The highest BCUT2D eigenvalue weighted by Gasteiger charge is 2.24. The summed E-state index contributed by atoms with van der Waals surface area (Å²) in [6.07, 6.45) is 2.10. The number of rotatable bonds is 6. The number of hydrogen-bond acceptors (Lipinski definition) is 3. The molecule has 24 heavy (non-hydrogen) atoms. The van der Waals surface area contributed by atoms with Gasteiger partial charge in [0.05, 0.1) is 0 Å². The van der Waals surface area contributed by atoms with Gasteiger partial charge in [-0.15, -0.1) is 0 Å². The van der Waals surface area contributed by atoms with Gasteiger partial charge in [-0.2, -0.15) is 0 Å². The topological polar surface area (TPSA) is 58.6 Å². The van der Waals surface area contributed by atoms with E-state index in [9.17, 15) is 9.59 Å². The lowest BCUT2D eigenvalue weighted by Gasteiger charge is -2.32. The van der Waals surface area contributed by atoms with Gasteiger partial charge in [0.25, 0.3) is 0 Å². The number of amides is 2. The van der Waals surface area contributed by atoms with Crippen LogP contribution < -0.4 is 5.32 Å². The molecule has 0 unspecified atom stereocenters. The van der Waals surface area contributed by atoms with Gasteiger partial charge in [-0.25, -0.2) is 0 Å². The molecule has 0 spiro atoms. The molecule has 1 saturated heterocycles. The molecule has 1 aromatic carbocycles. The monoisotopic (exact) mass is 332 g/mol. The molecule has 5 nitrogen and oxygen atoms in total. The summed E-state index contributed by atoms with van der Waals surface area (Å²) in [5.41, 5.74) is 2.45. The average molecular weight is 332 g/mol. The summed E-state index contributed by atoms with van der Waals surface area (Å²) in [4.78, 5) is 25.9. The minimum Gasteiger partial charge on any atom is -0.375 e. The van der Waals surface area contributed by atoms with Crippen molar-refractivity contribution in [2.24, 2.45) is 0 Å². The molecule has 132 valence electrons. The van der Waals surface area contributed by atoms with Crippen LogP contribution in [0.3, 0.4) is 0 Å². The summed E-state index contributed by atoms with van der Waals surface area (Å²) >= 11 is 0. The van der Waals surface area contributed by atoms with Crippen LogP contribution in [0.1, 0.15) is 43.2 Å². The standard InChI is InChI=1S/C19H28N2O3/c1-14-6-4-5-7-17(14)15(2)12-18(22)20-16-8-10-21(11-9-16)19(23)13-24-3/h4-7,15-16H,8-13H2,1-3H3,(H,20,22)/t15-/m1/s1. The predicted molar refractivity (Wildman–Crippen MR) is 93.8 cm³/mol. The highest BCUT2D eigenvalue weighted by Crippen LogP contribution is 2.22. The first-order chi connectivity index (χ1) is 11.5. The predicted octanol–water partition coefficient (Wildman–Crippen LogP) is 2.24. The second-order valence-corrected chi connectivity index (χ2v) is 6.62. The molecule has 2 amide bonds. The van der Waals surface area contributed by atoms with Gasteiger partial charge in [-0.05, 0) is 36.8 Å². The molecule has 1 aliphatic rings. The lowest BCUT2D eigenvalue weighted by Crippen LogP contribution is -2.47. The molecule has 1 N–H and O–H groups in total. The Hall–Kier alpha value is -1.88. The fraction of sp³-hybridized carbons (Fsp3) is 0.579. The summed E-state index contributed by atoms with van der Waals surface area (Å²) in [5, 5.41) is 3.12. The number of carbonyl (C=O) groups excluding carboxylic acids is 2. The lowest BCUT2D eigenvalue weighted by atomic mass is 9.93. The van der Waals surface area contributed by atoms with Gasteiger partial charge < -0.3 is 15.0 Å². The van der Waals surface area contributed by atoms with Crippen molar-refractivity contribution in [3.63, 3.8) is 0 Å². The van der Waals surface area contributed by atoms with E-state index in [4.69, 9.17) is 4.74 Å². The van der Waals surface area contributed by atoms with Crippen LogP contribution in [0.4, 0.5) is 0 Å². The molecule has 1 aromatic rings. The molecule has 0 bridgehead atoms. The first-order valence-corrected chi connectivity index (χ1v) is 8.63. The summed E-state index contributed by atoms with van der Waals surface area (Å²) in [6, 6.07) is 8.37. The molecule has 2 rings (SSSR count). The minimum absolute atomic E-state index is 0.0236. The third-order valence-corrected chi connectivity index (χ3v) is 4.69. The van der Waals surface area contributed by atoms with Crippen molar-refractivity contribution in [1.82, 2.24) is 10.2 Å². The van der Waals surface area contributed by atoms with Gasteiger partial charge in [0.15, 0.2) is 0 Å². The first kappa shape index (κ1) is 18.5. The fourth-order valence-electron chi connectivity index (χ4n) is 3.30. The minimum atomic E-state index is 0.0236. The van der Waals surface area contributed by atoms with Crippen LogP contribution in [0.2, 0.25) is 0 Å². The quantitative estimate of drug-likeness (QED) is 0.869. The lowest BCUT2D eigenvalue weighted by molar-refractivity contribution is -0.136. The normalized spacial score (nSPS) is 16.7. The number of likely N-dealkylation sites (tertiary alicyclic amines) is 1. The Bertz CT molecular complexity index is 565. The van der Waals surface area contributed by atoms with Crippen LogP contribution in [0.5, 0.6) is 0 Å². The van der Waals surface area contributed by atoms with E-state index < -0.39 is 0 Å². The molecule has 1 heterocycles. The van der Waals surface area contributed by atoms with E-state index in [1.807, 2.05) is 17.0 Å². The number of aryl methyl sites for hydroxylation is 1. The maximum absolute atomic E-state index is 12.3. The number of nitrogens with zero attached hydrogens (tertiary/aromatic N) is 1. The first-order valence-electron chi connectivity index (χ1n) is 8.63. The Morgan fingerprint density at radius 3 is 2.58 bits per heavy atom. The highest BCUT2D eigenvalue weighted by molar-refractivity contribution is 5.78. The smallest absolute Gasteiger partial charge is 0.248 e. The van der Waals surface area contributed by atoms with E-state index in [-0.39, 0.29) is 30.4 Å². The van der Waals surface area contributed by atoms with Crippen molar-refractivity contribution in [1.29, 1.82) is 0 Å². The molecule has 5 heteroatoms. The summed E-state index contributed by atoms with van der Waals surface area (Å²) in [6.45, 7) is 5.66. The van der Waals surface area contributed by atoms with Crippen LogP contribution in [-0.2, 0) is 14.3 Å². The zero-order chi connectivity index (χ0) is 17.5. The van der Waals surface area contributed by atoms with Gasteiger partial charge in [-0.3, -0.25) is 9.59 Å². The largest absolute Gasteiger partial charge is 0.375 e. The molecule has 1 aliphatic heterocycles. The van der Waals surface area contributed by atoms with Crippen molar-refractivity contribution < 1.29 is 14.3 Å². The number of piperidine rings is 1. The molecular weight excluding hydrogens is 304 g/mol. The van der Waals surface area contributed by atoms with E-state index in [0.29, 0.717) is 19.5 Å². The van der Waals surface area contributed by atoms with E-state index in [1.54, 1.807) is 0 Å². The Labute approximate surface area is 144 Å². The van der Waals surface area contributed by atoms with Gasteiger partial charge in [0, 0.05) is 32.7 Å². The molecule has 0 saturated carbocycles. The second kappa shape index (κ2) is 8.83. The van der Waals surface area contributed by atoms with E-state index in [0.717, 1.165) is 12.8 Å². The zero-order valence-electron chi connectivity index (χ0n) is 14.9. The van der Waals surface area contributed by atoms with E-state index >= 15 is 0 Å². The number of hydrogen-bond donors (Lipinski definition) is 1. The maximum Gasteiger partial charge on any atom is 0.248 e. The number of benzene rings is 1. The summed E-state index contributed by atoms with van der Waals surface area (Å²) in [7, 11) is 1.53. The van der Waals surface area contributed by atoms with Gasteiger partial charge in [-0.1, -0.05) is 31.2 Å². The number of nitrogens with one attached hydrogen (secondary N) is 1. The third kappa shape index (κ3) is 5.06. The second-order valence-electron chi connectivity index (χ2n) is 6.62. The number of ether oxygens (including phenoxy) is 1. The average Bonchev–Trinajstić information content (AvgIpc) is 2.56. The molecule has 1 atom stereocenters. The summed E-state index contributed by atoms with van der Waals surface area (Å²) in [5.74, 6) is 0.317. The highest BCUT2D eigenvalue weighted by atomic mass is 16.5. The van der Waals surface area contributed by atoms with Crippen molar-refractivity contribution in [3.05, 3.63) is 35.4 Å². The van der Waals surface area contributed by atoms with Gasteiger partial charge >= 0.3 is 0 Å². The van der Waals surface area contributed by atoms with Crippen LogP contribution in [0.15, 0.2) is 24.3 Å². The maximum atomic E-state index is 12.3. The Morgan fingerprint density at radius 1 is 1.29 bits per heavy atom. The van der Waals surface area contributed by atoms with Crippen LogP contribution >= 0.6 is 0 Å². The number of methoxy groups -OCH3 is 1. The Morgan fingerprint density at radius 2 is 1.96 bits per heavy atom. The Balaban J connectivity index is 1.77. The molecule has 0 aliphatic carbocycles. The van der Waals surface area contributed by atoms with Crippen LogP contribution in [0.25, 0.3) is 0 Å². The number of carbonyl (C=O) groups is 2. The third-order valence-electron chi connectivity index (χ3n) is 4.69. The van der Waals surface area contributed by atoms with Crippen LogP contribution in [0, 0.1) is 6.92 Å². The fourth-order valence-corrected chi connectivity index (χ4v) is 3.30. The van der Waals surface area contributed by atoms with Crippen molar-refractivity contribution in [2.75, 3.05) is 26.8 Å².